The van der Waals surface area contributed by atoms with Crippen molar-refractivity contribution in [3.8, 4) is 0 Å². The summed E-state index contributed by atoms with van der Waals surface area (Å²) in [5, 5.41) is 11.8. The number of amides is 1. The third-order valence-electron chi connectivity index (χ3n) is 3.59. The van der Waals surface area contributed by atoms with Crippen LogP contribution >= 0.6 is 0 Å². The zero-order valence-electron chi connectivity index (χ0n) is 12.0. The number of nitrogens with zero attached hydrogens (tertiary/aromatic N) is 1. The topological polar surface area (TPSA) is 78.9 Å². The van der Waals surface area contributed by atoms with E-state index >= 15 is 0 Å². The van der Waals surface area contributed by atoms with E-state index in [2.05, 4.69) is 5.32 Å². The fourth-order valence-corrected chi connectivity index (χ4v) is 2.28. The van der Waals surface area contributed by atoms with E-state index < -0.39 is 12.0 Å². The predicted octanol–water partition coefficient (Wildman–Crippen LogP) is 0.374. The van der Waals surface area contributed by atoms with Crippen molar-refractivity contribution in [2.75, 3.05) is 33.4 Å². The monoisotopic (exact) mass is 292 g/mol. The molecule has 1 aromatic carbocycles. The van der Waals surface area contributed by atoms with E-state index in [1.807, 2.05) is 0 Å². The van der Waals surface area contributed by atoms with Crippen molar-refractivity contribution < 1.29 is 19.4 Å². The number of likely N-dealkylation sites (N-methyl/N-ethyl adjacent to an activating group) is 1. The molecule has 0 saturated carbocycles. The number of aliphatic carboxylic acids is 1. The Morgan fingerprint density at radius 1 is 1.29 bits per heavy atom. The SMILES string of the molecule is CN[C@@H](Cc1ccc(C(=O)N2CCOCC2)cc1)C(=O)O. The lowest BCUT2D eigenvalue weighted by molar-refractivity contribution is -0.139. The van der Waals surface area contributed by atoms with Crippen molar-refractivity contribution in [3.05, 3.63) is 35.4 Å². The van der Waals surface area contributed by atoms with Gasteiger partial charge in [-0.2, -0.15) is 0 Å². The first-order valence-corrected chi connectivity index (χ1v) is 6.98. The average Bonchev–Trinajstić information content (AvgIpc) is 2.53. The van der Waals surface area contributed by atoms with Crippen LogP contribution in [0.3, 0.4) is 0 Å². The van der Waals surface area contributed by atoms with Crippen molar-refractivity contribution in [2.45, 2.75) is 12.5 Å². The number of nitrogens with one attached hydrogen (secondary N) is 1. The van der Waals surface area contributed by atoms with Crippen LogP contribution in [0.4, 0.5) is 0 Å². The second-order valence-corrected chi connectivity index (χ2v) is 4.99. The molecule has 1 saturated heterocycles. The zero-order valence-corrected chi connectivity index (χ0v) is 12.0. The molecule has 6 nitrogen and oxygen atoms in total. The molecule has 1 aliphatic heterocycles. The van der Waals surface area contributed by atoms with E-state index in [-0.39, 0.29) is 5.91 Å². The number of ether oxygens (including phenoxy) is 1. The molecule has 0 spiro atoms. The van der Waals surface area contributed by atoms with Gasteiger partial charge in [-0.05, 0) is 31.2 Å². The Morgan fingerprint density at radius 2 is 1.90 bits per heavy atom. The molecule has 0 aliphatic carbocycles. The van der Waals surface area contributed by atoms with E-state index in [9.17, 15) is 9.59 Å². The van der Waals surface area contributed by atoms with Gasteiger partial charge in [0.1, 0.15) is 6.04 Å². The van der Waals surface area contributed by atoms with E-state index in [1.54, 1.807) is 36.2 Å². The van der Waals surface area contributed by atoms with Crippen LogP contribution in [0.1, 0.15) is 15.9 Å². The highest BCUT2D eigenvalue weighted by atomic mass is 16.5. The lowest BCUT2D eigenvalue weighted by Gasteiger charge is -2.26. The van der Waals surface area contributed by atoms with Crippen LogP contribution < -0.4 is 5.32 Å². The van der Waals surface area contributed by atoms with Crippen molar-refractivity contribution >= 4 is 11.9 Å². The van der Waals surface area contributed by atoms with Gasteiger partial charge in [0.2, 0.25) is 0 Å². The number of morpholine rings is 1. The number of carboxylic acid groups (broad SMARTS) is 1. The van der Waals surface area contributed by atoms with Crippen molar-refractivity contribution in [3.63, 3.8) is 0 Å². The Labute approximate surface area is 123 Å². The summed E-state index contributed by atoms with van der Waals surface area (Å²) < 4.78 is 5.23. The molecule has 1 fully saturated rings. The molecule has 1 aromatic rings. The van der Waals surface area contributed by atoms with Gasteiger partial charge >= 0.3 is 5.97 Å². The molecule has 0 aromatic heterocycles. The van der Waals surface area contributed by atoms with E-state index in [1.165, 1.54) is 0 Å². The van der Waals surface area contributed by atoms with Crippen LogP contribution in [-0.2, 0) is 16.0 Å². The van der Waals surface area contributed by atoms with Gasteiger partial charge in [-0.25, -0.2) is 0 Å². The van der Waals surface area contributed by atoms with Gasteiger partial charge in [-0.1, -0.05) is 12.1 Å². The maximum Gasteiger partial charge on any atom is 0.321 e. The molecule has 114 valence electrons. The molecular formula is C15H20N2O4. The van der Waals surface area contributed by atoms with Crippen molar-refractivity contribution in [1.82, 2.24) is 10.2 Å². The molecule has 2 rings (SSSR count). The molecule has 1 atom stereocenters. The third kappa shape index (κ3) is 4.03. The van der Waals surface area contributed by atoms with E-state index in [0.717, 1.165) is 5.56 Å². The standard InChI is InChI=1S/C15H20N2O4/c1-16-13(15(19)20)10-11-2-4-12(5-3-11)14(18)17-6-8-21-9-7-17/h2-5,13,16H,6-10H2,1H3,(H,19,20)/t13-/m0/s1. The first-order valence-electron chi connectivity index (χ1n) is 6.98. The summed E-state index contributed by atoms with van der Waals surface area (Å²) in [6, 6.07) is 6.50. The number of carbonyl (C=O) groups excluding carboxylic acids is 1. The first kappa shape index (κ1) is 15.5. The minimum atomic E-state index is -0.883. The molecular weight excluding hydrogens is 272 g/mol. The van der Waals surface area contributed by atoms with Gasteiger partial charge in [0, 0.05) is 18.7 Å². The van der Waals surface area contributed by atoms with Crippen LogP contribution in [-0.4, -0.2) is 61.3 Å². The molecule has 0 radical (unpaired) electrons. The smallest absolute Gasteiger partial charge is 0.321 e. The fraction of sp³-hybridized carbons (Fsp3) is 0.467. The van der Waals surface area contributed by atoms with Gasteiger partial charge in [-0.15, -0.1) is 0 Å². The summed E-state index contributed by atoms with van der Waals surface area (Å²) in [7, 11) is 1.62. The minimum absolute atomic E-state index is 0.00625. The lowest BCUT2D eigenvalue weighted by atomic mass is 10.0. The molecule has 21 heavy (non-hydrogen) atoms. The van der Waals surface area contributed by atoms with E-state index in [4.69, 9.17) is 9.84 Å². The summed E-state index contributed by atoms with van der Waals surface area (Å²) in [6.07, 6.45) is 0.387. The average molecular weight is 292 g/mol. The summed E-state index contributed by atoms with van der Waals surface area (Å²) >= 11 is 0. The summed E-state index contributed by atoms with van der Waals surface area (Å²) in [5.41, 5.74) is 1.51. The molecule has 1 heterocycles. The molecule has 6 heteroatoms. The first-order chi connectivity index (χ1) is 10.1. The fourth-order valence-electron chi connectivity index (χ4n) is 2.28. The summed E-state index contributed by atoms with van der Waals surface area (Å²) in [5.74, 6) is -0.890. The van der Waals surface area contributed by atoms with Gasteiger partial charge in [0.25, 0.3) is 5.91 Å². The highest BCUT2D eigenvalue weighted by Gasteiger charge is 2.19. The lowest BCUT2D eigenvalue weighted by Crippen LogP contribution is -2.40. The number of carboxylic acids is 1. The van der Waals surface area contributed by atoms with Crippen molar-refractivity contribution in [2.24, 2.45) is 0 Å². The normalized spacial score (nSPS) is 16.5. The molecule has 0 bridgehead atoms. The third-order valence-corrected chi connectivity index (χ3v) is 3.59. The Bertz CT molecular complexity index is 495. The Morgan fingerprint density at radius 3 is 2.43 bits per heavy atom. The van der Waals surface area contributed by atoms with Crippen LogP contribution in [0.15, 0.2) is 24.3 Å². The Kier molecular flexibility index (Phi) is 5.30. The highest BCUT2D eigenvalue weighted by Crippen LogP contribution is 2.11. The highest BCUT2D eigenvalue weighted by molar-refractivity contribution is 5.94. The zero-order chi connectivity index (χ0) is 15.2. The van der Waals surface area contributed by atoms with E-state index in [0.29, 0.717) is 38.3 Å². The minimum Gasteiger partial charge on any atom is -0.480 e. The predicted molar refractivity (Wildman–Crippen MR) is 77.4 cm³/mol. The van der Waals surface area contributed by atoms with Crippen LogP contribution in [0.25, 0.3) is 0 Å². The Balaban J connectivity index is 2.01. The molecule has 2 N–H and O–H groups in total. The number of rotatable bonds is 5. The van der Waals surface area contributed by atoms with Crippen LogP contribution in [0, 0.1) is 0 Å². The molecule has 0 unspecified atom stereocenters. The largest absolute Gasteiger partial charge is 0.480 e. The number of hydrogen-bond acceptors (Lipinski definition) is 4. The second-order valence-electron chi connectivity index (χ2n) is 4.99. The molecule has 1 aliphatic rings. The van der Waals surface area contributed by atoms with Crippen molar-refractivity contribution in [1.29, 1.82) is 0 Å². The Hall–Kier alpha value is -1.92. The number of hydrogen-bond donors (Lipinski definition) is 2. The maximum absolute atomic E-state index is 12.3. The maximum atomic E-state index is 12.3. The summed E-state index contributed by atoms with van der Waals surface area (Å²) in [4.78, 5) is 25.0. The summed E-state index contributed by atoms with van der Waals surface area (Å²) in [6.45, 7) is 2.38. The quantitative estimate of drug-likeness (QED) is 0.820. The van der Waals surface area contributed by atoms with Crippen LogP contribution in [0.2, 0.25) is 0 Å². The number of carbonyl (C=O) groups is 2. The van der Waals surface area contributed by atoms with Gasteiger partial charge in [0.05, 0.1) is 13.2 Å². The van der Waals surface area contributed by atoms with Gasteiger partial charge in [0.15, 0.2) is 0 Å². The number of benzene rings is 1. The van der Waals surface area contributed by atoms with Gasteiger partial charge < -0.3 is 20.1 Å². The van der Waals surface area contributed by atoms with Crippen LogP contribution in [0.5, 0.6) is 0 Å². The van der Waals surface area contributed by atoms with Gasteiger partial charge in [-0.3, -0.25) is 9.59 Å². The second kappa shape index (κ2) is 7.19. The molecule has 1 amide bonds.